The first-order chi connectivity index (χ1) is 6.67. The van der Waals surface area contributed by atoms with E-state index >= 15 is 0 Å². The topological polar surface area (TPSA) is 63.5 Å². The fourth-order valence-electron chi connectivity index (χ4n) is 1.13. The highest BCUT2D eigenvalue weighted by Gasteiger charge is 2.07. The van der Waals surface area contributed by atoms with Gasteiger partial charge in [0.1, 0.15) is 5.76 Å². The van der Waals surface area contributed by atoms with Crippen molar-refractivity contribution in [2.24, 2.45) is 10.8 Å². The molecule has 78 valence electrons. The van der Waals surface area contributed by atoms with E-state index in [-0.39, 0.29) is 6.04 Å². The highest BCUT2D eigenvalue weighted by molar-refractivity contribution is 5.95. The van der Waals surface area contributed by atoms with Gasteiger partial charge in [0.2, 0.25) is 0 Å². The third-order valence-corrected chi connectivity index (χ3v) is 1.77. The molecular weight excluding hydrogens is 178 g/mol. The Morgan fingerprint density at radius 1 is 1.57 bits per heavy atom. The van der Waals surface area contributed by atoms with Crippen LogP contribution in [-0.2, 0) is 6.42 Å². The summed E-state index contributed by atoms with van der Waals surface area (Å²) >= 11 is 0. The van der Waals surface area contributed by atoms with Crippen LogP contribution < -0.4 is 11.3 Å². The van der Waals surface area contributed by atoms with E-state index in [1.54, 1.807) is 0 Å². The lowest BCUT2D eigenvalue weighted by Gasteiger charge is -2.04. The highest BCUT2D eigenvalue weighted by atomic mass is 16.3. The van der Waals surface area contributed by atoms with Crippen LogP contribution in [0.4, 0.5) is 0 Å². The molecule has 3 N–H and O–H groups in total. The second-order valence-electron chi connectivity index (χ2n) is 3.34. The summed E-state index contributed by atoms with van der Waals surface area (Å²) in [5, 5.41) is 0. The minimum atomic E-state index is 0.191. The van der Waals surface area contributed by atoms with Gasteiger partial charge in [-0.25, -0.2) is 5.84 Å². The lowest BCUT2D eigenvalue weighted by atomic mass is 10.3. The molecule has 14 heavy (non-hydrogen) atoms. The lowest BCUT2D eigenvalue weighted by Crippen LogP contribution is -2.31. The maximum atomic E-state index is 5.51. The number of rotatable bonds is 3. The van der Waals surface area contributed by atoms with E-state index in [2.05, 4.69) is 10.4 Å². The van der Waals surface area contributed by atoms with Crippen LogP contribution in [0.1, 0.15) is 32.3 Å². The van der Waals surface area contributed by atoms with E-state index in [0.717, 1.165) is 12.2 Å². The number of amidine groups is 1. The Morgan fingerprint density at radius 2 is 2.29 bits per heavy atom. The normalized spacial score (nSPS) is 12.2. The molecule has 1 aromatic heterocycles. The third-order valence-electron chi connectivity index (χ3n) is 1.77. The second-order valence-corrected chi connectivity index (χ2v) is 3.34. The predicted octanol–water partition coefficient (Wildman–Crippen LogP) is 1.46. The molecule has 1 rings (SSSR count). The molecule has 0 aromatic carbocycles. The predicted molar refractivity (Wildman–Crippen MR) is 57.1 cm³/mol. The quantitative estimate of drug-likeness (QED) is 0.332. The number of aliphatic imine (C=N–C) groups is 1. The SMILES string of the molecule is CCc1ccc(C(=NC(C)C)NN)o1. The van der Waals surface area contributed by atoms with Gasteiger partial charge in [0.25, 0.3) is 0 Å². The lowest BCUT2D eigenvalue weighted by molar-refractivity contribution is 0.504. The second kappa shape index (κ2) is 4.81. The van der Waals surface area contributed by atoms with Gasteiger partial charge in [-0.05, 0) is 26.0 Å². The molecule has 0 bridgehead atoms. The van der Waals surface area contributed by atoms with Gasteiger partial charge < -0.3 is 9.84 Å². The van der Waals surface area contributed by atoms with Gasteiger partial charge in [-0.15, -0.1) is 0 Å². The van der Waals surface area contributed by atoms with Gasteiger partial charge in [0, 0.05) is 12.5 Å². The number of hydrogen-bond acceptors (Lipinski definition) is 3. The molecule has 0 spiro atoms. The van der Waals surface area contributed by atoms with Crippen molar-refractivity contribution in [2.75, 3.05) is 0 Å². The molecule has 4 nitrogen and oxygen atoms in total. The van der Waals surface area contributed by atoms with Crippen LogP contribution in [0, 0.1) is 0 Å². The first-order valence-corrected chi connectivity index (χ1v) is 4.80. The largest absolute Gasteiger partial charge is 0.458 e. The summed E-state index contributed by atoms with van der Waals surface area (Å²) in [4.78, 5) is 4.30. The van der Waals surface area contributed by atoms with Gasteiger partial charge in [0.05, 0.1) is 0 Å². The Bertz CT molecular complexity index is 315. The molecule has 1 heterocycles. The maximum Gasteiger partial charge on any atom is 0.179 e. The van der Waals surface area contributed by atoms with Crippen molar-refractivity contribution in [1.29, 1.82) is 0 Å². The zero-order valence-electron chi connectivity index (χ0n) is 8.87. The molecule has 0 unspecified atom stereocenters. The summed E-state index contributed by atoms with van der Waals surface area (Å²) in [6.07, 6.45) is 0.875. The van der Waals surface area contributed by atoms with Gasteiger partial charge in [-0.2, -0.15) is 0 Å². The van der Waals surface area contributed by atoms with Crippen LogP contribution in [0.2, 0.25) is 0 Å². The fourth-order valence-corrected chi connectivity index (χ4v) is 1.13. The number of nitrogens with two attached hydrogens (primary N) is 1. The summed E-state index contributed by atoms with van der Waals surface area (Å²) in [5.74, 6) is 7.59. The van der Waals surface area contributed by atoms with Gasteiger partial charge >= 0.3 is 0 Å². The first kappa shape index (κ1) is 10.8. The van der Waals surface area contributed by atoms with Crippen LogP contribution in [0.25, 0.3) is 0 Å². The minimum Gasteiger partial charge on any atom is -0.458 e. The van der Waals surface area contributed by atoms with Crippen LogP contribution in [0.5, 0.6) is 0 Å². The van der Waals surface area contributed by atoms with Crippen LogP contribution >= 0.6 is 0 Å². The van der Waals surface area contributed by atoms with E-state index in [0.29, 0.717) is 11.6 Å². The van der Waals surface area contributed by atoms with Gasteiger partial charge in [-0.3, -0.25) is 4.99 Å². The van der Waals surface area contributed by atoms with Crippen molar-refractivity contribution in [3.63, 3.8) is 0 Å². The number of furan rings is 1. The summed E-state index contributed by atoms with van der Waals surface area (Å²) < 4.78 is 5.51. The molecule has 0 amide bonds. The Balaban J connectivity index is 2.89. The molecule has 0 aliphatic carbocycles. The number of nitrogens with zero attached hydrogens (tertiary/aromatic N) is 1. The van der Waals surface area contributed by atoms with Crippen molar-refractivity contribution in [1.82, 2.24) is 5.43 Å². The Labute approximate surface area is 84.2 Å². The van der Waals surface area contributed by atoms with Crippen molar-refractivity contribution < 1.29 is 4.42 Å². The maximum absolute atomic E-state index is 5.51. The van der Waals surface area contributed by atoms with E-state index in [1.807, 2.05) is 32.9 Å². The number of aryl methyl sites for hydroxylation is 1. The van der Waals surface area contributed by atoms with Gasteiger partial charge in [0.15, 0.2) is 11.6 Å². The number of hydrogen-bond donors (Lipinski definition) is 2. The van der Waals surface area contributed by atoms with Crippen LogP contribution in [-0.4, -0.2) is 11.9 Å². The fraction of sp³-hybridized carbons (Fsp3) is 0.500. The van der Waals surface area contributed by atoms with Gasteiger partial charge in [-0.1, -0.05) is 6.92 Å². The molecular formula is C10H17N3O. The molecule has 0 fully saturated rings. The van der Waals surface area contributed by atoms with E-state index in [9.17, 15) is 0 Å². The highest BCUT2D eigenvalue weighted by Crippen LogP contribution is 2.09. The molecule has 0 saturated heterocycles. The molecule has 0 aliphatic rings. The Morgan fingerprint density at radius 3 is 2.71 bits per heavy atom. The Kier molecular flexibility index (Phi) is 3.71. The third kappa shape index (κ3) is 2.60. The zero-order valence-corrected chi connectivity index (χ0v) is 8.87. The molecule has 1 aromatic rings. The Hall–Kier alpha value is -1.29. The average molecular weight is 195 g/mol. The summed E-state index contributed by atoms with van der Waals surface area (Å²) in [6, 6.07) is 4.00. The molecule has 0 saturated carbocycles. The van der Waals surface area contributed by atoms with Crippen molar-refractivity contribution in [2.45, 2.75) is 33.2 Å². The number of hydrazine groups is 1. The first-order valence-electron chi connectivity index (χ1n) is 4.80. The number of nitrogens with one attached hydrogen (secondary N) is 1. The smallest absolute Gasteiger partial charge is 0.179 e. The van der Waals surface area contributed by atoms with Crippen LogP contribution in [0.3, 0.4) is 0 Å². The van der Waals surface area contributed by atoms with Crippen molar-refractivity contribution in [3.8, 4) is 0 Å². The van der Waals surface area contributed by atoms with E-state index < -0.39 is 0 Å². The monoisotopic (exact) mass is 195 g/mol. The van der Waals surface area contributed by atoms with Crippen molar-refractivity contribution >= 4 is 5.84 Å². The molecule has 0 radical (unpaired) electrons. The molecule has 4 heteroatoms. The van der Waals surface area contributed by atoms with Crippen molar-refractivity contribution in [3.05, 3.63) is 23.7 Å². The summed E-state index contributed by atoms with van der Waals surface area (Å²) in [7, 11) is 0. The average Bonchev–Trinajstić information content (AvgIpc) is 2.62. The standard InChI is InChI=1S/C10H17N3O/c1-4-8-5-6-9(14-8)10(13-11)12-7(2)3/h5-7H,4,11H2,1-3H3,(H,12,13). The van der Waals surface area contributed by atoms with E-state index in [1.165, 1.54) is 0 Å². The summed E-state index contributed by atoms with van der Waals surface area (Å²) in [5.41, 5.74) is 2.54. The van der Waals surface area contributed by atoms with Crippen LogP contribution in [0.15, 0.2) is 21.5 Å². The minimum absolute atomic E-state index is 0.191. The molecule has 0 aliphatic heterocycles. The zero-order chi connectivity index (χ0) is 10.6. The molecule has 0 atom stereocenters. The van der Waals surface area contributed by atoms with E-state index in [4.69, 9.17) is 10.3 Å². The summed E-state index contributed by atoms with van der Waals surface area (Å²) in [6.45, 7) is 6.01.